The summed E-state index contributed by atoms with van der Waals surface area (Å²) in [4.78, 5) is 11.4. The first-order valence-electron chi connectivity index (χ1n) is 9.25. The highest BCUT2D eigenvalue weighted by atomic mass is 128. The fourth-order valence-electron chi connectivity index (χ4n) is 3.19. The largest absolute Gasteiger partial charge is 0.480 e. The standard InChI is InChI=1S/C21H15Cl2I3N2O4S/c1-12-2-5-20(26-25-12)27-10-18(24)17-9-15(3-4-19(17)27)28(11-21(29)30)33(31,32)16-7-13(22)6-14(23)8-16/h2-10H,11H2,1H3,(H,29,30). The Hall–Kier alpha value is -0.550. The first-order chi connectivity index (χ1) is 15.6. The quantitative estimate of drug-likeness (QED) is 0.263. The van der Waals surface area contributed by atoms with E-state index in [4.69, 9.17) is 23.2 Å². The maximum atomic E-state index is 13.4. The zero-order chi connectivity index (χ0) is 23.9. The van der Waals surface area contributed by atoms with Crippen molar-refractivity contribution in [1.82, 2.24) is 4.57 Å². The Labute approximate surface area is 230 Å². The van der Waals surface area contributed by atoms with Gasteiger partial charge in [-0.25, -0.2) is 8.42 Å². The van der Waals surface area contributed by atoms with Crippen LogP contribution in [0.15, 0.2) is 63.2 Å². The maximum absolute atomic E-state index is 13.4. The van der Waals surface area contributed by atoms with Gasteiger partial charge in [-0.15, -0.1) is 0 Å². The average Bonchev–Trinajstić information content (AvgIpc) is 3.07. The van der Waals surface area contributed by atoms with Crippen molar-refractivity contribution in [2.24, 2.45) is 0 Å². The maximum Gasteiger partial charge on any atom is 0.324 e. The van der Waals surface area contributed by atoms with Gasteiger partial charge < -0.3 is 9.67 Å². The van der Waals surface area contributed by atoms with E-state index in [0.29, 0.717) is 0 Å². The van der Waals surface area contributed by atoms with E-state index in [0.717, 1.165) is 18.8 Å². The first kappa shape index (κ1) is 25.5. The van der Waals surface area contributed by atoms with Crippen molar-refractivity contribution in [3.63, 3.8) is 0 Å². The summed E-state index contributed by atoms with van der Waals surface area (Å²) in [6.07, 6.45) is 6.39. The number of fused-ring (bicyclic) bond motifs is 1. The highest BCUT2D eigenvalue weighted by molar-refractivity contribution is 14.8. The van der Waals surface area contributed by atoms with Crippen LogP contribution in [0.25, 0.3) is 14.6 Å². The number of aliphatic carboxylic acids is 1. The van der Waals surface area contributed by atoms with Crippen LogP contribution >= 0.6 is 79.0 Å². The van der Waals surface area contributed by atoms with Crippen LogP contribution < -0.4 is 4.31 Å². The molecule has 0 unspecified atom stereocenters. The van der Waals surface area contributed by atoms with Crippen molar-refractivity contribution >= 4 is 115 Å². The minimum Gasteiger partial charge on any atom is -0.480 e. The Morgan fingerprint density at radius 2 is 1.82 bits per heavy atom. The van der Waals surface area contributed by atoms with Gasteiger partial charge in [0, 0.05) is 25.2 Å². The van der Waals surface area contributed by atoms with Gasteiger partial charge in [0.1, 0.15) is 6.54 Å². The average molecular weight is 843 g/mol. The van der Waals surface area contributed by atoms with Gasteiger partial charge in [0.2, 0.25) is 0 Å². The third-order valence-electron chi connectivity index (χ3n) is 4.63. The van der Waals surface area contributed by atoms with Gasteiger partial charge in [0.15, 0.2) is 0 Å². The number of halogens is 5. The van der Waals surface area contributed by atoms with Crippen LogP contribution in [0.5, 0.6) is 0 Å². The minimum atomic E-state index is -4.23. The molecular formula is C21H15Cl2I3N2O4S. The smallest absolute Gasteiger partial charge is 0.324 e. The Bertz CT molecular complexity index is 1480. The predicted octanol–water partition coefficient (Wildman–Crippen LogP) is 7.40. The normalized spacial score (nSPS) is 14.2. The number of allylic oxidation sites excluding steroid dienone is 3. The number of carbonyl (C=O) groups is 1. The molecule has 2 aromatic carbocycles. The summed E-state index contributed by atoms with van der Waals surface area (Å²) < 4.78 is 33.6. The number of anilines is 1. The van der Waals surface area contributed by atoms with Crippen molar-refractivity contribution in [1.29, 1.82) is 0 Å². The molecule has 1 N–H and O–H groups in total. The van der Waals surface area contributed by atoms with Crippen molar-refractivity contribution in [3.05, 3.63) is 71.9 Å². The summed E-state index contributed by atoms with van der Waals surface area (Å²) >= 11 is 14.2. The zero-order valence-electron chi connectivity index (χ0n) is 16.8. The summed E-state index contributed by atoms with van der Waals surface area (Å²) in [5, 5.41) is 10.6. The number of nitrogens with zero attached hydrogens (tertiary/aromatic N) is 2. The van der Waals surface area contributed by atoms with Gasteiger partial charge in [0.25, 0.3) is 10.0 Å². The van der Waals surface area contributed by atoms with E-state index in [1.165, 1.54) is 25.5 Å². The minimum absolute atomic E-state index is 0.0671. The molecule has 4 rings (SSSR count). The number of sulfonamides is 1. The third kappa shape index (κ3) is 5.50. The Kier molecular flexibility index (Phi) is 7.90. The molecule has 1 aliphatic heterocycles. The summed E-state index contributed by atoms with van der Waals surface area (Å²) in [5.74, 6) is -1.28. The summed E-state index contributed by atoms with van der Waals surface area (Å²) in [5.41, 5.74) is 1.22. The molecule has 3 aromatic rings. The highest BCUT2D eigenvalue weighted by Gasteiger charge is 2.28. The number of rotatable bonds is 6. The molecule has 0 saturated carbocycles. The number of carboxylic acid groups (broad SMARTS) is 1. The van der Waals surface area contributed by atoms with Gasteiger partial charge in [-0.1, -0.05) is 29.3 Å². The van der Waals surface area contributed by atoms with Crippen molar-refractivity contribution in [2.75, 3.05) is 10.8 Å². The van der Waals surface area contributed by atoms with E-state index in [-0.39, 0.29) is 53.8 Å². The van der Waals surface area contributed by atoms with Gasteiger partial charge in [-0.05, 0) is 109 Å². The van der Waals surface area contributed by atoms with E-state index < -0.39 is 22.5 Å². The first-order valence-corrected chi connectivity index (χ1v) is 21.0. The fraction of sp³-hybridized carbons (Fsp3) is 0.0952. The molecule has 0 saturated heterocycles. The molecule has 0 amide bonds. The molecule has 33 heavy (non-hydrogen) atoms. The predicted molar refractivity (Wildman–Crippen MR) is 159 cm³/mol. The van der Waals surface area contributed by atoms with Gasteiger partial charge in [-0.3, -0.25) is 9.10 Å². The lowest BCUT2D eigenvalue weighted by atomic mass is 10.2. The number of hydrogen-bond donors (Lipinski definition) is 1. The second-order valence-corrected chi connectivity index (χ2v) is 19.9. The number of hydrogen-bond acceptors (Lipinski definition) is 3. The molecule has 0 bridgehead atoms. The zero-order valence-corrected chi connectivity index (χ0v) is 25.6. The third-order valence-corrected chi connectivity index (χ3v) is 18.7. The monoisotopic (exact) mass is 842 g/mol. The molecule has 0 atom stereocenters. The van der Waals surface area contributed by atoms with E-state index in [1.54, 1.807) is 12.1 Å². The summed E-state index contributed by atoms with van der Waals surface area (Å²) in [7, 11) is -4.23. The second kappa shape index (κ2) is 10.2. The van der Waals surface area contributed by atoms with E-state index in [9.17, 15) is 18.3 Å². The van der Waals surface area contributed by atoms with Crippen molar-refractivity contribution in [3.8, 4) is 0 Å². The summed E-state index contributed by atoms with van der Waals surface area (Å²) in [6, 6.07) is 9.14. The molecule has 0 radical (unpaired) electrons. The Balaban J connectivity index is 1.84. The molecule has 0 aliphatic carbocycles. The van der Waals surface area contributed by atoms with Crippen molar-refractivity contribution in [2.45, 2.75) is 11.8 Å². The number of carboxylic acids is 1. The molecule has 1 aliphatic rings. The summed E-state index contributed by atoms with van der Waals surface area (Å²) in [6.45, 7) is 1.44. The van der Waals surface area contributed by atoms with Gasteiger partial charge >= 0.3 is 5.97 Å². The van der Waals surface area contributed by atoms with Crippen LogP contribution in [0, 0.1) is 3.57 Å². The van der Waals surface area contributed by atoms with Gasteiger partial charge in [-0.2, -0.15) is 0 Å². The Morgan fingerprint density at radius 1 is 1.12 bits per heavy atom. The van der Waals surface area contributed by atoms with Crippen molar-refractivity contribution < 1.29 is 18.3 Å². The van der Waals surface area contributed by atoms with E-state index in [2.05, 4.69) is 46.2 Å². The van der Waals surface area contributed by atoms with Crippen LogP contribution in [0.1, 0.15) is 6.92 Å². The number of benzene rings is 2. The lowest BCUT2D eigenvalue weighted by molar-refractivity contribution is -0.135. The lowest BCUT2D eigenvalue weighted by Crippen LogP contribution is -2.35. The van der Waals surface area contributed by atoms with Gasteiger partial charge in [0.05, 0.1) is 19.8 Å². The van der Waals surface area contributed by atoms with E-state index >= 15 is 0 Å². The molecule has 12 heteroatoms. The molecule has 1 aromatic heterocycles. The van der Waals surface area contributed by atoms with E-state index in [1.807, 2.05) is 12.3 Å². The highest BCUT2D eigenvalue weighted by Crippen LogP contribution is 2.42. The number of aromatic nitrogens is 1. The lowest BCUT2D eigenvalue weighted by Gasteiger charge is -2.23. The SMILES string of the molecule is CC1=CC=C(n2cc(I)c3cc(N(CC(=O)O)S(=O)(=O)c4cc(Cl)cc(Cl)c4)ccc32)I=I1. The Morgan fingerprint density at radius 3 is 2.42 bits per heavy atom. The molecule has 6 nitrogen and oxygen atoms in total. The van der Waals surface area contributed by atoms with Crippen LogP contribution in [-0.2, 0) is 14.8 Å². The second-order valence-electron chi connectivity index (χ2n) is 6.94. The van der Waals surface area contributed by atoms with Crippen LogP contribution in [0.2, 0.25) is 10.0 Å². The fourth-order valence-corrected chi connectivity index (χ4v) is 14.5. The molecule has 174 valence electrons. The van der Waals surface area contributed by atoms with Crippen LogP contribution in [0.3, 0.4) is 0 Å². The van der Waals surface area contributed by atoms with Crippen LogP contribution in [-0.4, -0.2) is 30.6 Å². The molecule has 2 heterocycles. The van der Waals surface area contributed by atoms with Crippen LogP contribution in [0.4, 0.5) is 5.69 Å². The molecule has 0 spiro atoms. The topological polar surface area (TPSA) is 79.6 Å². The molecule has 0 fully saturated rings. The molecular weight excluding hydrogens is 828 g/mol.